The van der Waals surface area contributed by atoms with E-state index in [1.165, 1.54) is 0 Å². The second-order valence-corrected chi connectivity index (χ2v) is 6.98. The standard InChI is InChI=1S/C23H26N2O5/c1-5-29-18-11-10-17(12-19(18)28-4)21-20(15(3)24-23(27)25-21)22(26)30-13-16-8-6-14(2)7-9-16/h6-12,21H,5,13H2,1-4H3,(H2,24,25,27)/t21-/m0/s1. The van der Waals surface area contributed by atoms with E-state index in [4.69, 9.17) is 14.2 Å². The molecule has 0 unspecified atom stereocenters. The molecular weight excluding hydrogens is 384 g/mol. The molecule has 7 heteroatoms. The van der Waals surface area contributed by atoms with Crippen LogP contribution in [0.5, 0.6) is 11.5 Å². The summed E-state index contributed by atoms with van der Waals surface area (Å²) in [5.74, 6) is 0.610. The Labute approximate surface area is 176 Å². The number of urea groups is 1. The average molecular weight is 410 g/mol. The van der Waals surface area contributed by atoms with Crippen LogP contribution >= 0.6 is 0 Å². The molecule has 1 heterocycles. The molecule has 1 aliphatic rings. The number of carbonyl (C=O) groups is 2. The van der Waals surface area contributed by atoms with E-state index in [9.17, 15) is 9.59 Å². The smallest absolute Gasteiger partial charge is 0.338 e. The van der Waals surface area contributed by atoms with Crippen LogP contribution < -0.4 is 20.1 Å². The van der Waals surface area contributed by atoms with Gasteiger partial charge in [0, 0.05) is 5.70 Å². The van der Waals surface area contributed by atoms with Gasteiger partial charge < -0.3 is 24.8 Å². The number of carbonyl (C=O) groups excluding carboxylic acids is 2. The average Bonchev–Trinajstić information content (AvgIpc) is 2.73. The molecule has 0 spiro atoms. The highest BCUT2D eigenvalue weighted by atomic mass is 16.5. The molecule has 2 aromatic rings. The topological polar surface area (TPSA) is 85.9 Å². The van der Waals surface area contributed by atoms with Crippen LogP contribution in [0.2, 0.25) is 0 Å². The van der Waals surface area contributed by atoms with Gasteiger partial charge in [-0.25, -0.2) is 9.59 Å². The highest BCUT2D eigenvalue weighted by molar-refractivity contribution is 5.95. The maximum Gasteiger partial charge on any atom is 0.338 e. The summed E-state index contributed by atoms with van der Waals surface area (Å²) in [6.45, 7) is 6.20. The van der Waals surface area contributed by atoms with Gasteiger partial charge >= 0.3 is 12.0 Å². The number of rotatable bonds is 7. The van der Waals surface area contributed by atoms with Gasteiger partial charge in [0.05, 0.1) is 25.3 Å². The SMILES string of the molecule is CCOc1ccc([C@@H]2NC(=O)NC(C)=C2C(=O)OCc2ccc(C)cc2)cc1OC. The number of esters is 1. The Kier molecular flexibility index (Phi) is 6.61. The fraction of sp³-hybridized carbons (Fsp3) is 0.304. The lowest BCUT2D eigenvalue weighted by atomic mass is 9.95. The Balaban J connectivity index is 1.87. The van der Waals surface area contributed by atoms with Crippen molar-refractivity contribution in [3.63, 3.8) is 0 Å². The quantitative estimate of drug-likeness (QED) is 0.679. The predicted molar refractivity (Wildman–Crippen MR) is 112 cm³/mol. The molecule has 0 aromatic heterocycles. The maximum atomic E-state index is 12.9. The summed E-state index contributed by atoms with van der Waals surface area (Å²) in [4.78, 5) is 25.0. The molecule has 2 aromatic carbocycles. The summed E-state index contributed by atoms with van der Waals surface area (Å²) in [5, 5.41) is 5.45. The van der Waals surface area contributed by atoms with Gasteiger partial charge in [-0.3, -0.25) is 0 Å². The molecule has 158 valence electrons. The van der Waals surface area contributed by atoms with E-state index >= 15 is 0 Å². The van der Waals surface area contributed by atoms with Crippen molar-refractivity contribution < 1.29 is 23.8 Å². The van der Waals surface area contributed by atoms with E-state index in [-0.39, 0.29) is 12.6 Å². The summed E-state index contributed by atoms with van der Waals surface area (Å²) in [7, 11) is 1.54. The second kappa shape index (κ2) is 9.35. The van der Waals surface area contributed by atoms with Crippen LogP contribution in [0.25, 0.3) is 0 Å². The lowest BCUT2D eigenvalue weighted by Gasteiger charge is -2.28. The van der Waals surface area contributed by atoms with Crippen LogP contribution in [0.4, 0.5) is 4.79 Å². The van der Waals surface area contributed by atoms with Gasteiger partial charge in [0.25, 0.3) is 0 Å². The predicted octanol–water partition coefficient (Wildman–Crippen LogP) is 3.77. The zero-order valence-electron chi connectivity index (χ0n) is 17.6. The Bertz CT molecular complexity index is 966. The third kappa shape index (κ3) is 4.74. The first-order valence-corrected chi connectivity index (χ1v) is 9.74. The molecule has 3 rings (SSSR count). The first-order valence-electron chi connectivity index (χ1n) is 9.74. The molecule has 7 nitrogen and oxygen atoms in total. The fourth-order valence-electron chi connectivity index (χ4n) is 3.26. The molecule has 0 bridgehead atoms. The van der Waals surface area contributed by atoms with Crippen molar-refractivity contribution in [2.75, 3.05) is 13.7 Å². The van der Waals surface area contributed by atoms with Gasteiger partial charge in [-0.2, -0.15) is 0 Å². The first kappa shape index (κ1) is 21.2. The number of allylic oxidation sites excluding steroid dienone is 1. The molecule has 0 fully saturated rings. The summed E-state index contributed by atoms with van der Waals surface area (Å²) in [5.41, 5.74) is 3.50. The largest absolute Gasteiger partial charge is 0.493 e. The van der Waals surface area contributed by atoms with Crippen LogP contribution in [0, 0.1) is 6.92 Å². The fourth-order valence-corrected chi connectivity index (χ4v) is 3.26. The normalized spacial score (nSPS) is 15.9. The molecular formula is C23H26N2O5. The monoisotopic (exact) mass is 410 g/mol. The van der Waals surface area contributed by atoms with E-state index < -0.39 is 12.0 Å². The van der Waals surface area contributed by atoms with Crippen molar-refractivity contribution in [1.82, 2.24) is 10.6 Å². The Morgan fingerprint density at radius 1 is 1.07 bits per heavy atom. The molecule has 2 N–H and O–H groups in total. The van der Waals surface area contributed by atoms with Gasteiger partial charge in [-0.05, 0) is 44.0 Å². The number of benzene rings is 2. The number of ether oxygens (including phenoxy) is 3. The molecule has 30 heavy (non-hydrogen) atoms. The van der Waals surface area contributed by atoms with E-state index in [1.54, 1.807) is 32.2 Å². The highest BCUT2D eigenvalue weighted by Gasteiger charge is 2.32. The molecule has 1 aliphatic heterocycles. The Morgan fingerprint density at radius 3 is 2.47 bits per heavy atom. The van der Waals surface area contributed by atoms with E-state index in [2.05, 4.69) is 10.6 Å². The molecule has 0 aliphatic carbocycles. The van der Waals surface area contributed by atoms with Crippen molar-refractivity contribution in [2.45, 2.75) is 33.4 Å². The zero-order valence-corrected chi connectivity index (χ0v) is 17.6. The number of hydrogen-bond acceptors (Lipinski definition) is 5. The molecule has 0 saturated carbocycles. The van der Waals surface area contributed by atoms with E-state index in [0.29, 0.717) is 34.9 Å². The number of hydrogen-bond donors (Lipinski definition) is 2. The Morgan fingerprint density at radius 2 is 1.80 bits per heavy atom. The van der Waals surface area contributed by atoms with Crippen molar-refractivity contribution in [3.05, 3.63) is 70.4 Å². The number of amides is 2. The van der Waals surface area contributed by atoms with Crippen molar-refractivity contribution in [3.8, 4) is 11.5 Å². The minimum Gasteiger partial charge on any atom is -0.493 e. The number of methoxy groups -OCH3 is 1. The van der Waals surface area contributed by atoms with E-state index in [1.807, 2.05) is 38.1 Å². The molecule has 0 radical (unpaired) electrons. The summed E-state index contributed by atoms with van der Waals surface area (Å²) < 4.78 is 16.5. The third-order valence-corrected chi connectivity index (χ3v) is 4.80. The van der Waals surface area contributed by atoms with Gasteiger partial charge in [-0.1, -0.05) is 35.9 Å². The molecule has 0 saturated heterocycles. The lowest BCUT2D eigenvalue weighted by Crippen LogP contribution is -2.45. The van der Waals surface area contributed by atoms with Crippen molar-refractivity contribution in [1.29, 1.82) is 0 Å². The lowest BCUT2D eigenvalue weighted by molar-refractivity contribution is -0.140. The third-order valence-electron chi connectivity index (χ3n) is 4.80. The van der Waals surface area contributed by atoms with Gasteiger partial charge in [0.1, 0.15) is 6.61 Å². The van der Waals surface area contributed by atoms with Crippen LogP contribution in [-0.4, -0.2) is 25.7 Å². The Hall–Kier alpha value is -3.48. The van der Waals surface area contributed by atoms with Crippen LogP contribution in [-0.2, 0) is 16.1 Å². The van der Waals surface area contributed by atoms with Crippen molar-refractivity contribution >= 4 is 12.0 Å². The number of aryl methyl sites for hydroxylation is 1. The summed E-state index contributed by atoms with van der Waals surface area (Å²) >= 11 is 0. The molecule has 2 amide bonds. The van der Waals surface area contributed by atoms with Crippen molar-refractivity contribution in [2.24, 2.45) is 0 Å². The number of nitrogens with one attached hydrogen (secondary N) is 2. The van der Waals surface area contributed by atoms with E-state index in [0.717, 1.165) is 11.1 Å². The second-order valence-electron chi connectivity index (χ2n) is 6.98. The zero-order chi connectivity index (χ0) is 21.7. The van der Waals surface area contributed by atoms with Crippen LogP contribution in [0.3, 0.4) is 0 Å². The van der Waals surface area contributed by atoms with Crippen LogP contribution in [0.1, 0.15) is 36.6 Å². The minimum absolute atomic E-state index is 0.142. The van der Waals surface area contributed by atoms with Gasteiger partial charge in [-0.15, -0.1) is 0 Å². The van der Waals surface area contributed by atoms with Gasteiger partial charge in [0.2, 0.25) is 0 Å². The highest BCUT2D eigenvalue weighted by Crippen LogP contribution is 2.34. The summed E-state index contributed by atoms with van der Waals surface area (Å²) in [6, 6.07) is 12.0. The summed E-state index contributed by atoms with van der Waals surface area (Å²) in [6.07, 6.45) is 0. The van der Waals surface area contributed by atoms with Crippen LogP contribution in [0.15, 0.2) is 53.7 Å². The van der Waals surface area contributed by atoms with Gasteiger partial charge in [0.15, 0.2) is 11.5 Å². The minimum atomic E-state index is -0.672. The maximum absolute atomic E-state index is 12.9. The first-order chi connectivity index (χ1) is 14.4. The molecule has 1 atom stereocenters.